The topological polar surface area (TPSA) is 83.1 Å². The Morgan fingerprint density at radius 1 is 0.967 bits per heavy atom. The van der Waals surface area contributed by atoms with E-state index < -0.39 is 0 Å². The lowest BCUT2D eigenvalue weighted by Gasteiger charge is -2.12. The Morgan fingerprint density at radius 2 is 1.73 bits per heavy atom. The number of carbonyl (C=O) groups is 2. The molecule has 1 aliphatic rings. The molecule has 0 bridgehead atoms. The highest BCUT2D eigenvalue weighted by Crippen LogP contribution is 2.22. The van der Waals surface area contributed by atoms with E-state index in [1.54, 1.807) is 30.5 Å². The first-order chi connectivity index (χ1) is 14.6. The molecule has 3 aromatic rings. The summed E-state index contributed by atoms with van der Waals surface area (Å²) in [5.74, 6) is 0.271. The number of carbonyl (C=O) groups excluding carboxylic acids is 2. The van der Waals surface area contributed by atoms with E-state index in [0.29, 0.717) is 29.2 Å². The number of hydrogen-bond acceptors (Lipinski definition) is 4. The van der Waals surface area contributed by atoms with E-state index in [2.05, 4.69) is 20.9 Å². The van der Waals surface area contributed by atoms with Crippen LogP contribution in [0, 0.1) is 6.92 Å². The van der Waals surface area contributed by atoms with Crippen LogP contribution in [-0.2, 0) is 6.54 Å². The number of rotatable bonds is 7. The summed E-state index contributed by atoms with van der Waals surface area (Å²) in [4.78, 5) is 29.4. The Balaban J connectivity index is 1.44. The van der Waals surface area contributed by atoms with Crippen LogP contribution in [0.1, 0.15) is 44.7 Å². The van der Waals surface area contributed by atoms with Gasteiger partial charge in [0.15, 0.2) is 0 Å². The molecule has 0 atom stereocenters. The second kappa shape index (κ2) is 8.78. The van der Waals surface area contributed by atoms with Crippen LogP contribution in [0.25, 0.3) is 0 Å². The Kier molecular flexibility index (Phi) is 5.75. The molecule has 1 saturated carbocycles. The Hall–Kier alpha value is -3.67. The quantitative estimate of drug-likeness (QED) is 0.556. The van der Waals surface area contributed by atoms with Gasteiger partial charge in [0.25, 0.3) is 11.8 Å². The Labute approximate surface area is 175 Å². The number of nitrogens with zero attached hydrogens (tertiary/aromatic N) is 1. The maximum absolute atomic E-state index is 12.8. The fraction of sp³-hybridized carbons (Fsp3) is 0.208. The Morgan fingerprint density at radius 3 is 2.50 bits per heavy atom. The fourth-order valence-corrected chi connectivity index (χ4v) is 3.05. The van der Waals surface area contributed by atoms with Crippen LogP contribution in [-0.4, -0.2) is 22.8 Å². The molecule has 30 heavy (non-hydrogen) atoms. The third-order valence-corrected chi connectivity index (χ3v) is 5.00. The molecule has 1 fully saturated rings. The predicted molar refractivity (Wildman–Crippen MR) is 118 cm³/mol. The summed E-state index contributed by atoms with van der Waals surface area (Å²) in [5, 5.41) is 9.12. The van der Waals surface area contributed by atoms with Gasteiger partial charge in [-0.15, -0.1) is 0 Å². The molecule has 0 aliphatic heterocycles. The number of aromatic nitrogens is 1. The molecule has 0 radical (unpaired) electrons. The minimum Gasteiger partial charge on any atom is -0.366 e. The molecule has 1 heterocycles. The van der Waals surface area contributed by atoms with Crippen molar-refractivity contribution in [3.05, 3.63) is 89.1 Å². The second-order valence-corrected chi connectivity index (χ2v) is 7.50. The van der Waals surface area contributed by atoms with Gasteiger partial charge in [-0.3, -0.25) is 9.59 Å². The van der Waals surface area contributed by atoms with Crippen LogP contribution in [0.4, 0.5) is 11.5 Å². The molecule has 2 aromatic carbocycles. The van der Waals surface area contributed by atoms with Gasteiger partial charge in [0, 0.05) is 35.6 Å². The van der Waals surface area contributed by atoms with Crippen LogP contribution in [0.3, 0.4) is 0 Å². The normalized spacial score (nSPS) is 12.8. The van der Waals surface area contributed by atoms with E-state index in [4.69, 9.17) is 0 Å². The Bertz CT molecular complexity index is 1060. The number of amides is 2. The van der Waals surface area contributed by atoms with Crippen LogP contribution in [0.2, 0.25) is 0 Å². The zero-order valence-electron chi connectivity index (χ0n) is 16.8. The lowest BCUT2D eigenvalue weighted by molar-refractivity contribution is 0.0949. The van der Waals surface area contributed by atoms with Crippen molar-refractivity contribution in [1.29, 1.82) is 0 Å². The van der Waals surface area contributed by atoms with Gasteiger partial charge in [0.2, 0.25) is 0 Å². The summed E-state index contributed by atoms with van der Waals surface area (Å²) >= 11 is 0. The number of hydrogen-bond donors (Lipinski definition) is 3. The van der Waals surface area contributed by atoms with Crippen molar-refractivity contribution in [1.82, 2.24) is 10.3 Å². The average Bonchev–Trinajstić information content (AvgIpc) is 3.58. The van der Waals surface area contributed by atoms with Crippen molar-refractivity contribution in [3.63, 3.8) is 0 Å². The van der Waals surface area contributed by atoms with Crippen molar-refractivity contribution >= 4 is 23.3 Å². The minimum atomic E-state index is -0.247. The van der Waals surface area contributed by atoms with Crippen LogP contribution in [0.15, 0.2) is 66.9 Å². The van der Waals surface area contributed by atoms with E-state index >= 15 is 0 Å². The van der Waals surface area contributed by atoms with Gasteiger partial charge < -0.3 is 16.0 Å². The highest BCUT2D eigenvalue weighted by Gasteiger charge is 2.24. The van der Waals surface area contributed by atoms with Crippen molar-refractivity contribution in [2.24, 2.45) is 0 Å². The van der Waals surface area contributed by atoms with Crippen molar-refractivity contribution in [3.8, 4) is 0 Å². The van der Waals surface area contributed by atoms with Crippen molar-refractivity contribution < 1.29 is 9.59 Å². The lowest BCUT2D eigenvalue weighted by atomic mass is 10.1. The van der Waals surface area contributed by atoms with Gasteiger partial charge in [0.1, 0.15) is 5.82 Å². The number of nitrogens with one attached hydrogen (secondary N) is 3. The van der Waals surface area contributed by atoms with Gasteiger partial charge in [-0.2, -0.15) is 0 Å². The summed E-state index contributed by atoms with van der Waals surface area (Å²) < 4.78 is 0. The molecule has 3 N–H and O–H groups in total. The largest absolute Gasteiger partial charge is 0.366 e. The molecule has 6 heteroatoms. The van der Waals surface area contributed by atoms with Gasteiger partial charge in [-0.1, -0.05) is 36.4 Å². The summed E-state index contributed by atoms with van der Waals surface area (Å²) in [6.45, 7) is 2.52. The molecule has 0 saturated heterocycles. The monoisotopic (exact) mass is 400 g/mol. The van der Waals surface area contributed by atoms with Crippen molar-refractivity contribution in [2.75, 3.05) is 10.6 Å². The highest BCUT2D eigenvalue weighted by atomic mass is 16.2. The second-order valence-electron chi connectivity index (χ2n) is 7.50. The molecule has 0 unspecified atom stereocenters. The van der Waals surface area contributed by atoms with Crippen LogP contribution < -0.4 is 16.0 Å². The summed E-state index contributed by atoms with van der Waals surface area (Å²) in [6.07, 6.45) is 3.67. The molecule has 1 aliphatic carbocycles. The van der Waals surface area contributed by atoms with Crippen LogP contribution >= 0.6 is 0 Å². The average molecular weight is 400 g/mol. The lowest BCUT2D eigenvalue weighted by Crippen LogP contribution is -2.25. The standard InChI is InChI=1S/C24H24N4O2/c1-16-7-8-18(23(29)27-20-9-10-20)13-21(16)28-24(30)19-11-12-25-22(14-19)26-15-17-5-3-2-4-6-17/h2-8,11-14,20H,9-10,15H2,1H3,(H,25,26)(H,27,29)(H,28,30). The van der Waals surface area contributed by atoms with Gasteiger partial charge >= 0.3 is 0 Å². The SMILES string of the molecule is Cc1ccc(C(=O)NC2CC2)cc1NC(=O)c1ccnc(NCc2ccccc2)c1. The van der Waals surface area contributed by atoms with E-state index in [0.717, 1.165) is 24.0 Å². The molecule has 1 aromatic heterocycles. The molecule has 152 valence electrons. The third-order valence-electron chi connectivity index (χ3n) is 5.00. The van der Waals surface area contributed by atoms with Gasteiger partial charge in [-0.25, -0.2) is 4.98 Å². The molecule has 0 spiro atoms. The van der Waals surface area contributed by atoms with Crippen molar-refractivity contribution in [2.45, 2.75) is 32.4 Å². The van der Waals surface area contributed by atoms with Gasteiger partial charge in [-0.05, 0) is 55.2 Å². The number of pyridine rings is 1. The number of anilines is 2. The number of benzene rings is 2. The minimum absolute atomic E-state index is 0.107. The molecular formula is C24H24N4O2. The summed E-state index contributed by atoms with van der Waals surface area (Å²) in [7, 11) is 0. The molecule has 4 rings (SSSR count). The molecule has 2 amide bonds. The smallest absolute Gasteiger partial charge is 0.255 e. The third kappa shape index (κ3) is 5.03. The predicted octanol–water partition coefficient (Wildman–Crippen LogP) is 4.15. The molecule has 6 nitrogen and oxygen atoms in total. The zero-order valence-corrected chi connectivity index (χ0v) is 16.8. The first-order valence-electron chi connectivity index (χ1n) is 10.1. The van der Waals surface area contributed by atoms with Gasteiger partial charge in [0.05, 0.1) is 0 Å². The number of aryl methyl sites for hydroxylation is 1. The summed E-state index contributed by atoms with van der Waals surface area (Å²) in [5.41, 5.74) is 3.68. The van der Waals surface area contributed by atoms with E-state index in [-0.39, 0.29) is 17.9 Å². The fourth-order valence-electron chi connectivity index (χ4n) is 3.05. The van der Waals surface area contributed by atoms with E-state index in [1.165, 1.54) is 0 Å². The maximum Gasteiger partial charge on any atom is 0.255 e. The van der Waals surface area contributed by atoms with E-state index in [1.807, 2.05) is 43.3 Å². The first kappa shape index (κ1) is 19.6. The van der Waals surface area contributed by atoms with Crippen LogP contribution in [0.5, 0.6) is 0 Å². The maximum atomic E-state index is 12.8. The van der Waals surface area contributed by atoms with E-state index in [9.17, 15) is 9.59 Å². The summed E-state index contributed by atoms with van der Waals surface area (Å²) in [6, 6.07) is 19.0. The molecular weight excluding hydrogens is 376 g/mol. The highest BCUT2D eigenvalue weighted by molar-refractivity contribution is 6.06. The first-order valence-corrected chi connectivity index (χ1v) is 10.1. The zero-order chi connectivity index (χ0) is 20.9.